The molecule has 0 atom stereocenters. The fourth-order valence-electron chi connectivity index (χ4n) is 1.30. The summed E-state index contributed by atoms with van der Waals surface area (Å²) in [6, 6.07) is 8.58. The van der Waals surface area contributed by atoms with E-state index in [4.69, 9.17) is 21.8 Å². The molecule has 1 aromatic carbocycles. The second-order valence-electron chi connectivity index (χ2n) is 3.15. The number of nitrogens with two attached hydrogens (primary N) is 1. The van der Waals surface area contributed by atoms with Gasteiger partial charge in [0.05, 0.1) is 5.02 Å². The Labute approximate surface area is 105 Å². The highest BCUT2D eigenvalue weighted by Gasteiger charge is 2.11. The molecule has 0 saturated heterocycles. The molecule has 1 heterocycles. The molecule has 3 nitrogen and oxygen atoms in total. The summed E-state index contributed by atoms with van der Waals surface area (Å²) in [7, 11) is 0. The summed E-state index contributed by atoms with van der Waals surface area (Å²) in [6.45, 7) is 0. The van der Waals surface area contributed by atoms with E-state index in [1.807, 2.05) is 6.07 Å². The van der Waals surface area contributed by atoms with E-state index in [0.717, 1.165) is 10.0 Å². The van der Waals surface area contributed by atoms with Crippen LogP contribution < -0.4 is 5.73 Å². The largest absolute Gasteiger partial charge is 0.451 e. The zero-order valence-corrected chi connectivity index (χ0v) is 10.4. The number of rotatable bonds is 2. The molecule has 0 bridgehead atoms. The third-order valence-corrected chi connectivity index (χ3v) is 2.85. The Hall–Kier alpha value is -1.26. The predicted molar refractivity (Wildman–Crippen MR) is 65.4 cm³/mol. The second-order valence-corrected chi connectivity index (χ2v) is 4.48. The van der Waals surface area contributed by atoms with Crippen LogP contribution in [0.1, 0.15) is 10.6 Å². The van der Waals surface area contributed by atoms with Gasteiger partial charge in [0.1, 0.15) is 5.76 Å². The molecule has 2 aromatic rings. The van der Waals surface area contributed by atoms with Gasteiger partial charge >= 0.3 is 0 Å². The topological polar surface area (TPSA) is 56.2 Å². The summed E-state index contributed by atoms with van der Waals surface area (Å²) in [5.74, 6) is 0.0415. The molecule has 2 N–H and O–H groups in total. The molecule has 82 valence electrons. The fraction of sp³-hybridized carbons (Fsp3) is 0. The van der Waals surface area contributed by atoms with Crippen LogP contribution in [0.4, 0.5) is 0 Å². The van der Waals surface area contributed by atoms with Gasteiger partial charge < -0.3 is 10.2 Å². The van der Waals surface area contributed by atoms with E-state index in [2.05, 4.69) is 15.9 Å². The van der Waals surface area contributed by atoms with E-state index in [1.165, 1.54) is 6.07 Å². The highest BCUT2D eigenvalue weighted by atomic mass is 79.9. The van der Waals surface area contributed by atoms with E-state index in [9.17, 15) is 4.79 Å². The molecular weight excluding hydrogens is 293 g/mol. The highest BCUT2D eigenvalue weighted by molar-refractivity contribution is 9.10. The zero-order chi connectivity index (χ0) is 11.7. The van der Waals surface area contributed by atoms with Crippen LogP contribution >= 0.6 is 27.5 Å². The number of amides is 1. The van der Waals surface area contributed by atoms with E-state index in [0.29, 0.717) is 10.8 Å². The maximum Gasteiger partial charge on any atom is 0.284 e. The summed E-state index contributed by atoms with van der Waals surface area (Å²) in [4.78, 5) is 10.9. The standard InChI is InChI=1S/C11H7BrClNO2/c12-6-1-2-7(8(13)5-6)9-3-4-10(16-9)11(14)15/h1-5H,(H2,14,15). The Morgan fingerprint density at radius 3 is 2.62 bits per heavy atom. The number of carbonyl (C=O) groups excluding carboxylic acids is 1. The van der Waals surface area contributed by atoms with Crippen molar-refractivity contribution in [3.8, 4) is 11.3 Å². The molecule has 0 unspecified atom stereocenters. The summed E-state index contributed by atoms with van der Waals surface area (Å²) < 4.78 is 6.16. The molecule has 0 fully saturated rings. The van der Waals surface area contributed by atoms with Gasteiger partial charge in [-0.15, -0.1) is 0 Å². The van der Waals surface area contributed by atoms with E-state index in [-0.39, 0.29) is 5.76 Å². The van der Waals surface area contributed by atoms with Gasteiger partial charge in [0.25, 0.3) is 5.91 Å². The average molecular weight is 301 g/mol. The fourth-order valence-corrected chi connectivity index (χ4v) is 2.07. The van der Waals surface area contributed by atoms with Gasteiger partial charge in [-0.05, 0) is 30.3 Å². The molecule has 5 heteroatoms. The summed E-state index contributed by atoms with van der Waals surface area (Å²) in [5.41, 5.74) is 5.81. The third kappa shape index (κ3) is 2.13. The summed E-state index contributed by atoms with van der Waals surface area (Å²) in [6.07, 6.45) is 0. The lowest BCUT2D eigenvalue weighted by molar-refractivity contribution is 0.0974. The van der Waals surface area contributed by atoms with Gasteiger partial charge in [-0.3, -0.25) is 4.79 Å². The maximum atomic E-state index is 10.9. The third-order valence-electron chi connectivity index (χ3n) is 2.05. The first kappa shape index (κ1) is 11.2. The number of halogens is 2. The SMILES string of the molecule is NC(=O)c1ccc(-c2ccc(Br)cc2Cl)o1. The Morgan fingerprint density at radius 1 is 1.31 bits per heavy atom. The van der Waals surface area contributed by atoms with E-state index < -0.39 is 5.91 Å². The monoisotopic (exact) mass is 299 g/mol. The minimum atomic E-state index is -0.598. The zero-order valence-electron chi connectivity index (χ0n) is 8.04. The highest BCUT2D eigenvalue weighted by Crippen LogP contribution is 2.31. The van der Waals surface area contributed by atoms with Gasteiger partial charge in [-0.2, -0.15) is 0 Å². The van der Waals surface area contributed by atoms with Crippen LogP contribution in [-0.2, 0) is 0 Å². The van der Waals surface area contributed by atoms with Crippen LogP contribution in [0.3, 0.4) is 0 Å². The Balaban J connectivity index is 2.46. The van der Waals surface area contributed by atoms with Crippen molar-refractivity contribution in [1.29, 1.82) is 0 Å². The first-order valence-corrected chi connectivity index (χ1v) is 5.60. The van der Waals surface area contributed by atoms with Crippen LogP contribution in [0.2, 0.25) is 5.02 Å². The van der Waals surface area contributed by atoms with Crippen molar-refractivity contribution in [3.05, 3.63) is 45.6 Å². The lowest BCUT2D eigenvalue weighted by atomic mass is 10.2. The van der Waals surface area contributed by atoms with Gasteiger partial charge in [0.15, 0.2) is 5.76 Å². The minimum absolute atomic E-state index is 0.119. The summed E-state index contributed by atoms with van der Waals surface area (Å²) >= 11 is 9.35. The van der Waals surface area contributed by atoms with Crippen LogP contribution in [-0.4, -0.2) is 5.91 Å². The van der Waals surface area contributed by atoms with Crippen LogP contribution in [0.5, 0.6) is 0 Å². The number of hydrogen-bond donors (Lipinski definition) is 1. The molecule has 0 radical (unpaired) electrons. The van der Waals surface area contributed by atoms with Crippen LogP contribution in [0.25, 0.3) is 11.3 Å². The molecular formula is C11H7BrClNO2. The molecule has 1 aromatic heterocycles. The molecule has 0 aliphatic heterocycles. The number of benzene rings is 1. The lowest BCUT2D eigenvalue weighted by Crippen LogP contribution is -2.09. The lowest BCUT2D eigenvalue weighted by Gasteiger charge is -2.00. The van der Waals surface area contributed by atoms with Gasteiger partial charge in [0.2, 0.25) is 0 Å². The molecule has 0 spiro atoms. The van der Waals surface area contributed by atoms with Gasteiger partial charge in [-0.25, -0.2) is 0 Å². The number of carbonyl (C=O) groups is 1. The number of hydrogen-bond acceptors (Lipinski definition) is 2. The van der Waals surface area contributed by atoms with Crippen molar-refractivity contribution in [1.82, 2.24) is 0 Å². The van der Waals surface area contributed by atoms with Gasteiger partial charge in [-0.1, -0.05) is 27.5 Å². The number of furan rings is 1. The van der Waals surface area contributed by atoms with Crippen molar-refractivity contribution in [2.45, 2.75) is 0 Å². The molecule has 0 aliphatic rings. The van der Waals surface area contributed by atoms with Gasteiger partial charge in [0, 0.05) is 10.0 Å². The van der Waals surface area contributed by atoms with Crippen molar-refractivity contribution in [3.63, 3.8) is 0 Å². The number of primary amides is 1. The minimum Gasteiger partial charge on any atom is -0.451 e. The summed E-state index contributed by atoms with van der Waals surface area (Å²) in [5, 5.41) is 0.541. The second kappa shape index (κ2) is 4.31. The Bertz CT molecular complexity index is 551. The average Bonchev–Trinajstić information content (AvgIpc) is 2.66. The molecule has 1 amide bonds. The van der Waals surface area contributed by atoms with Crippen molar-refractivity contribution >= 4 is 33.4 Å². The smallest absolute Gasteiger partial charge is 0.284 e. The van der Waals surface area contributed by atoms with E-state index >= 15 is 0 Å². The Kier molecular flexibility index (Phi) is 3.03. The van der Waals surface area contributed by atoms with Crippen molar-refractivity contribution in [2.24, 2.45) is 5.73 Å². The first-order chi connectivity index (χ1) is 7.58. The quantitative estimate of drug-likeness (QED) is 0.923. The Morgan fingerprint density at radius 2 is 2.06 bits per heavy atom. The molecule has 16 heavy (non-hydrogen) atoms. The maximum absolute atomic E-state index is 10.9. The first-order valence-electron chi connectivity index (χ1n) is 4.43. The van der Waals surface area contributed by atoms with E-state index in [1.54, 1.807) is 18.2 Å². The van der Waals surface area contributed by atoms with Crippen LogP contribution in [0, 0.1) is 0 Å². The van der Waals surface area contributed by atoms with Crippen molar-refractivity contribution in [2.75, 3.05) is 0 Å². The molecule has 0 saturated carbocycles. The molecule has 0 aliphatic carbocycles. The normalized spacial score (nSPS) is 10.4. The van der Waals surface area contributed by atoms with Crippen molar-refractivity contribution < 1.29 is 9.21 Å². The van der Waals surface area contributed by atoms with Crippen LogP contribution in [0.15, 0.2) is 39.2 Å². The molecule has 2 rings (SSSR count). The predicted octanol–water partition coefficient (Wildman–Crippen LogP) is 3.46.